The fraction of sp³-hybridized carbons (Fsp3) is 0.556. The van der Waals surface area contributed by atoms with Gasteiger partial charge >= 0.3 is 11.9 Å². The zero-order chi connectivity index (χ0) is 10.3. The van der Waals surface area contributed by atoms with Gasteiger partial charge in [-0.3, -0.25) is 0 Å². The van der Waals surface area contributed by atoms with E-state index in [-0.39, 0.29) is 5.57 Å². The van der Waals surface area contributed by atoms with Gasteiger partial charge in [0.2, 0.25) is 0 Å². The average molecular weight is 186 g/mol. The molecular weight excluding hydrogens is 172 g/mol. The Balaban J connectivity index is 4.06. The average Bonchev–Trinajstić information content (AvgIpc) is 2.13. The van der Waals surface area contributed by atoms with E-state index < -0.39 is 11.9 Å². The fourth-order valence-electron chi connectivity index (χ4n) is 0.641. The third-order valence-corrected chi connectivity index (χ3v) is 1.29. The topological polar surface area (TPSA) is 52.6 Å². The normalized spacial score (nSPS) is 10.8. The molecule has 0 heterocycles. The SMILES string of the molecule is CCCOC(=O)C=C(C)C(=O)OC. The van der Waals surface area contributed by atoms with Gasteiger partial charge in [0, 0.05) is 11.6 Å². The van der Waals surface area contributed by atoms with Crippen LogP contribution in [0.2, 0.25) is 0 Å². The van der Waals surface area contributed by atoms with Crippen LogP contribution >= 0.6 is 0 Å². The van der Waals surface area contributed by atoms with Crippen LogP contribution in [-0.4, -0.2) is 25.7 Å². The van der Waals surface area contributed by atoms with Crippen molar-refractivity contribution >= 4 is 11.9 Å². The Hall–Kier alpha value is -1.32. The van der Waals surface area contributed by atoms with Crippen LogP contribution in [0.1, 0.15) is 20.3 Å². The summed E-state index contributed by atoms with van der Waals surface area (Å²) in [6.45, 7) is 3.76. The van der Waals surface area contributed by atoms with Crippen LogP contribution < -0.4 is 0 Å². The maximum absolute atomic E-state index is 10.9. The van der Waals surface area contributed by atoms with Crippen molar-refractivity contribution in [1.82, 2.24) is 0 Å². The van der Waals surface area contributed by atoms with Gasteiger partial charge in [0.25, 0.3) is 0 Å². The first-order chi connectivity index (χ1) is 6.11. The van der Waals surface area contributed by atoms with E-state index in [1.807, 2.05) is 6.92 Å². The number of hydrogen-bond donors (Lipinski definition) is 0. The van der Waals surface area contributed by atoms with Crippen LogP contribution in [0.5, 0.6) is 0 Å². The van der Waals surface area contributed by atoms with E-state index in [9.17, 15) is 9.59 Å². The van der Waals surface area contributed by atoms with Gasteiger partial charge < -0.3 is 9.47 Å². The van der Waals surface area contributed by atoms with Crippen LogP contribution in [0.25, 0.3) is 0 Å². The maximum Gasteiger partial charge on any atom is 0.333 e. The van der Waals surface area contributed by atoms with Crippen molar-refractivity contribution in [3.8, 4) is 0 Å². The van der Waals surface area contributed by atoms with Crippen molar-refractivity contribution in [1.29, 1.82) is 0 Å². The van der Waals surface area contributed by atoms with Crippen LogP contribution in [0, 0.1) is 0 Å². The van der Waals surface area contributed by atoms with Crippen molar-refractivity contribution in [3.63, 3.8) is 0 Å². The summed E-state index contributed by atoms with van der Waals surface area (Å²) in [5, 5.41) is 0. The largest absolute Gasteiger partial charge is 0.466 e. The lowest BCUT2D eigenvalue weighted by atomic mass is 10.3. The molecule has 0 spiro atoms. The fourth-order valence-corrected chi connectivity index (χ4v) is 0.641. The first-order valence-corrected chi connectivity index (χ1v) is 4.05. The molecule has 0 aliphatic carbocycles. The molecule has 0 aromatic heterocycles. The highest BCUT2D eigenvalue weighted by Crippen LogP contribution is 1.96. The molecule has 4 nitrogen and oxygen atoms in total. The third-order valence-electron chi connectivity index (χ3n) is 1.29. The van der Waals surface area contributed by atoms with E-state index in [0.29, 0.717) is 6.61 Å². The van der Waals surface area contributed by atoms with Gasteiger partial charge in [0.05, 0.1) is 13.7 Å². The molecule has 0 aliphatic heterocycles. The number of hydrogen-bond acceptors (Lipinski definition) is 4. The smallest absolute Gasteiger partial charge is 0.333 e. The molecule has 0 aromatic rings. The van der Waals surface area contributed by atoms with Gasteiger partial charge in [-0.15, -0.1) is 0 Å². The van der Waals surface area contributed by atoms with E-state index in [0.717, 1.165) is 12.5 Å². The molecule has 0 bridgehead atoms. The lowest BCUT2D eigenvalue weighted by molar-refractivity contribution is -0.140. The molecule has 0 saturated heterocycles. The monoisotopic (exact) mass is 186 g/mol. The molecule has 0 unspecified atom stereocenters. The number of methoxy groups -OCH3 is 1. The van der Waals surface area contributed by atoms with Crippen molar-refractivity contribution in [3.05, 3.63) is 11.6 Å². The minimum Gasteiger partial charge on any atom is -0.466 e. The quantitative estimate of drug-likeness (QED) is 0.486. The molecule has 0 N–H and O–H groups in total. The number of esters is 2. The second kappa shape index (κ2) is 6.22. The minimum absolute atomic E-state index is 0.239. The molecule has 74 valence electrons. The molecule has 0 fully saturated rings. The van der Waals surface area contributed by atoms with E-state index >= 15 is 0 Å². The first-order valence-electron chi connectivity index (χ1n) is 4.05. The molecule has 0 aliphatic rings. The number of ether oxygens (including phenoxy) is 2. The van der Waals surface area contributed by atoms with Crippen molar-refractivity contribution in [2.24, 2.45) is 0 Å². The van der Waals surface area contributed by atoms with Crippen LogP contribution in [0.4, 0.5) is 0 Å². The Morgan fingerprint density at radius 3 is 2.46 bits per heavy atom. The Morgan fingerprint density at radius 1 is 1.38 bits per heavy atom. The predicted octanol–water partition coefficient (Wildman–Crippen LogP) is 1.06. The van der Waals surface area contributed by atoms with E-state index in [1.165, 1.54) is 14.0 Å². The van der Waals surface area contributed by atoms with Gasteiger partial charge in [-0.2, -0.15) is 0 Å². The standard InChI is InChI=1S/C9H14O4/c1-4-5-13-8(10)6-7(2)9(11)12-3/h6H,4-5H2,1-3H3. The van der Waals surface area contributed by atoms with E-state index in [1.54, 1.807) is 0 Å². The lowest BCUT2D eigenvalue weighted by Gasteiger charge is -2.00. The van der Waals surface area contributed by atoms with Crippen molar-refractivity contribution < 1.29 is 19.1 Å². The molecule has 0 saturated carbocycles. The van der Waals surface area contributed by atoms with Gasteiger partial charge in [-0.05, 0) is 13.3 Å². The van der Waals surface area contributed by atoms with E-state index in [4.69, 9.17) is 4.74 Å². The highest BCUT2D eigenvalue weighted by atomic mass is 16.5. The Bertz CT molecular complexity index is 218. The third kappa shape index (κ3) is 5.00. The number of carbonyl (C=O) groups excluding carboxylic acids is 2. The summed E-state index contributed by atoms with van der Waals surface area (Å²) in [7, 11) is 1.26. The summed E-state index contributed by atoms with van der Waals surface area (Å²) < 4.78 is 9.14. The number of rotatable bonds is 4. The zero-order valence-electron chi connectivity index (χ0n) is 8.12. The van der Waals surface area contributed by atoms with Crippen LogP contribution in [0.15, 0.2) is 11.6 Å². The Kier molecular flexibility index (Phi) is 5.59. The van der Waals surface area contributed by atoms with Gasteiger partial charge in [0.1, 0.15) is 0 Å². The van der Waals surface area contributed by atoms with Gasteiger partial charge in [0.15, 0.2) is 0 Å². The van der Waals surface area contributed by atoms with Gasteiger partial charge in [-0.1, -0.05) is 6.92 Å². The first kappa shape index (κ1) is 11.7. The summed E-state index contributed by atoms with van der Waals surface area (Å²) >= 11 is 0. The Morgan fingerprint density at radius 2 is 2.00 bits per heavy atom. The molecule has 0 aromatic carbocycles. The molecule has 0 rings (SSSR count). The second-order valence-electron chi connectivity index (χ2n) is 2.49. The summed E-state index contributed by atoms with van der Waals surface area (Å²) in [6, 6.07) is 0. The number of carbonyl (C=O) groups is 2. The predicted molar refractivity (Wildman–Crippen MR) is 47.0 cm³/mol. The summed E-state index contributed by atoms with van der Waals surface area (Å²) in [5.41, 5.74) is 0.239. The highest BCUT2D eigenvalue weighted by Gasteiger charge is 2.06. The molecule has 4 heteroatoms. The summed E-state index contributed by atoms with van der Waals surface area (Å²) in [4.78, 5) is 21.7. The Labute approximate surface area is 77.5 Å². The van der Waals surface area contributed by atoms with E-state index in [2.05, 4.69) is 4.74 Å². The van der Waals surface area contributed by atoms with Crippen molar-refractivity contribution in [2.75, 3.05) is 13.7 Å². The van der Waals surface area contributed by atoms with Crippen LogP contribution in [0.3, 0.4) is 0 Å². The molecule has 0 amide bonds. The zero-order valence-corrected chi connectivity index (χ0v) is 8.12. The van der Waals surface area contributed by atoms with Crippen LogP contribution in [-0.2, 0) is 19.1 Å². The van der Waals surface area contributed by atoms with Crippen molar-refractivity contribution in [2.45, 2.75) is 20.3 Å². The molecule has 13 heavy (non-hydrogen) atoms. The maximum atomic E-state index is 10.9. The minimum atomic E-state index is -0.520. The summed E-state index contributed by atoms with van der Waals surface area (Å²) in [6.07, 6.45) is 1.89. The van der Waals surface area contributed by atoms with Gasteiger partial charge in [-0.25, -0.2) is 9.59 Å². The lowest BCUT2D eigenvalue weighted by Crippen LogP contribution is -2.07. The molecular formula is C9H14O4. The summed E-state index contributed by atoms with van der Waals surface area (Å²) in [5.74, 6) is -1.03. The molecule has 0 atom stereocenters. The highest BCUT2D eigenvalue weighted by molar-refractivity contribution is 5.95. The molecule has 0 radical (unpaired) electrons. The second-order valence-corrected chi connectivity index (χ2v) is 2.49.